The molecule has 0 spiro atoms. The zero-order valence-electron chi connectivity index (χ0n) is 11.4. The van der Waals surface area contributed by atoms with E-state index in [-0.39, 0.29) is 6.04 Å². The molecular formula is C15H15Cl3N2O. The lowest BCUT2D eigenvalue weighted by Gasteiger charge is -2.14. The highest BCUT2D eigenvalue weighted by molar-refractivity contribution is 6.43. The van der Waals surface area contributed by atoms with Crippen LogP contribution in [-0.2, 0) is 6.42 Å². The minimum atomic E-state index is 0.0563. The van der Waals surface area contributed by atoms with E-state index >= 15 is 0 Å². The third-order valence-electron chi connectivity index (χ3n) is 3.04. The largest absolute Gasteiger partial charge is 0.437 e. The lowest BCUT2D eigenvalue weighted by molar-refractivity contribution is 0.452. The lowest BCUT2D eigenvalue weighted by Crippen LogP contribution is -2.21. The van der Waals surface area contributed by atoms with Crippen molar-refractivity contribution in [3.05, 3.63) is 51.1 Å². The average molecular weight is 346 g/mol. The Hall–Kier alpha value is -1.000. The second-order valence-corrected chi connectivity index (χ2v) is 5.86. The summed E-state index contributed by atoms with van der Waals surface area (Å²) >= 11 is 18.0. The van der Waals surface area contributed by atoms with E-state index in [1.807, 2.05) is 19.1 Å². The summed E-state index contributed by atoms with van der Waals surface area (Å²) < 4.78 is 5.78. The number of ether oxygens (including phenoxy) is 1. The minimum Gasteiger partial charge on any atom is -0.437 e. The van der Waals surface area contributed by atoms with Gasteiger partial charge in [-0.3, -0.25) is 0 Å². The van der Waals surface area contributed by atoms with Crippen molar-refractivity contribution < 1.29 is 4.74 Å². The minimum absolute atomic E-state index is 0.0563. The van der Waals surface area contributed by atoms with E-state index < -0.39 is 0 Å². The number of halogens is 3. The van der Waals surface area contributed by atoms with E-state index in [4.69, 9.17) is 45.3 Å². The fraction of sp³-hybridized carbons (Fsp3) is 0.267. The quantitative estimate of drug-likeness (QED) is 0.766. The smallest absolute Gasteiger partial charge is 0.222 e. The summed E-state index contributed by atoms with van der Waals surface area (Å²) in [5, 5.41) is 1.13. The van der Waals surface area contributed by atoms with Crippen LogP contribution in [0.25, 0.3) is 0 Å². The monoisotopic (exact) mass is 344 g/mol. The van der Waals surface area contributed by atoms with Crippen LogP contribution in [0.3, 0.4) is 0 Å². The van der Waals surface area contributed by atoms with Crippen molar-refractivity contribution in [3.63, 3.8) is 0 Å². The summed E-state index contributed by atoms with van der Waals surface area (Å²) in [4.78, 5) is 4.24. The highest BCUT2D eigenvalue weighted by Crippen LogP contribution is 2.36. The number of hydrogen-bond donors (Lipinski definition) is 1. The average Bonchev–Trinajstić information content (AvgIpc) is 2.46. The predicted octanol–water partition coefficient (Wildman–Crippen LogP) is 5.11. The number of nitrogens with zero attached hydrogens (tertiary/aromatic N) is 1. The lowest BCUT2D eigenvalue weighted by atomic mass is 10.1. The molecule has 1 heterocycles. The molecule has 1 aromatic heterocycles. The predicted molar refractivity (Wildman–Crippen MR) is 87.8 cm³/mol. The first-order valence-electron chi connectivity index (χ1n) is 6.53. The Kier molecular flexibility index (Phi) is 5.71. The van der Waals surface area contributed by atoms with Crippen LogP contribution in [-0.4, -0.2) is 11.0 Å². The van der Waals surface area contributed by atoms with E-state index in [1.165, 1.54) is 0 Å². The molecule has 2 N–H and O–H groups in total. The van der Waals surface area contributed by atoms with Gasteiger partial charge in [-0.25, -0.2) is 4.98 Å². The van der Waals surface area contributed by atoms with E-state index in [1.54, 1.807) is 18.3 Å². The molecule has 1 atom stereocenters. The van der Waals surface area contributed by atoms with E-state index in [9.17, 15) is 0 Å². The molecule has 0 bridgehead atoms. The maximum absolute atomic E-state index is 6.12. The summed E-state index contributed by atoms with van der Waals surface area (Å²) in [6.45, 7) is 2.04. The van der Waals surface area contributed by atoms with Crippen molar-refractivity contribution in [1.82, 2.24) is 4.98 Å². The number of aromatic nitrogens is 1. The molecule has 1 unspecified atom stereocenters. The maximum atomic E-state index is 6.12. The Morgan fingerprint density at radius 2 is 1.90 bits per heavy atom. The van der Waals surface area contributed by atoms with Crippen LogP contribution in [0.5, 0.6) is 11.6 Å². The molecule has 3 nitrogen and oxygen atoms in total. The topological polar surface area (TPSA) is 48.1 Å². The van der Waals surface area contributed by atoms with Crippen molar-refractivity contribution in [3.8, 4) is 11.6 Å². The molecule has 112 valence electrons. The van der Waals surface area contributed by atoms with Crippen LogP contribution in [0.4, 0.5) is 0 Å². The Bertz CT molecular complexity index is 634. The Morgan fingerprint density at radius 3 is 2.62 bits per heavy atom. The second-order valence-electron chi connectivity index (χ2n) is 4.64. The molecule has 2 rings (SSSR count). The fourth-order valence-corrected chi connectivity index (χ4v) is 2.36. The summed E-state index contributed by atoms with van der Waals surface area (Å²) in [5.74, 6) is 0.887. The summed E-state index contributed by atoms with van der Waals surface area (Å²) in [5.41, 5.74) is 6.92. The van der Waals surface area contributed by atoms with Gasteiger partial charge in [-0.1, -0.05) is 47.8 Å². The summed E-state index contributed by atoms with van der Waals surface area (Å²) in [6.07, 6.45) is 3.21. The first-order chi connectivity index (χ1) is 10.0. The molecule has 2 aromatic rings. The highest BCUT2D eigenvalue weighted by atomic mass is 35.5. The number of hydrogen-bond acceptors (Lipinski definition) is 3. The molecule has 0 aliphatic rings. The van der Waals surface area contributed by atoms with Gasteiger partial charge in [0.05, 0.1) is 15.1 Å². The molecule has 21 heavy (non-hydrogen) atoms. The second kappa shape index (κ2) is 7.32. The number of benzene rings is 1. The standard InChI is InChI=1S/C15H15Cl3N2O/c1-2-10(19)6-9-4-3-5-20-15(9)21-14-8-12(17)11(16)7-13(14)18/h3-5,7-8,10H,2,6,19H2,1H3. The Morgan fingerprint density at radius 1 is 1.19 bits per heavy atom. The first-order valence-corrected chi connectivity index (χ1v) is 7.66. The van der Waals surface area contributed by atoms with Crippen LogP contribution in [0, 0.1) is 0 Å². The molecule has 0 aliphatic heterocycles. The number of rotatable bonds is 5. The van der Waals surface area contributed by atoms with Gasteiger partial charge in [-0.2, -0.15) is 0 Å². The van der Waals surface area contributed by atoms with Crippen molar-refractivity contribution in [1.29, 1.82) is 0 Å². The van der Waals surface area contributed by atoms with Gasteiger partial charge >= 0.3 is 0 Å². The molecule has 0 amide bonds. The van der Waals surface area contributed by atoms with E-state index in [2.05, 4.69) is 4.98 Å². The van der Waals surface area contributed by atoms with E-state index in [0.29, 0.717) is 33.1 Å². The molecule has 0 saturated carbocycles. The van der Waals surface area contributed by atoms with Crippen LogP contribution >= 0.6 is 34.8 Å². The van der Waals surface area contributed by atoms with Crippen LogP contribution in [0.15, 0.2) is 30.5 Å². The van der Waals surface area contributed by atoms with Crippen molar-refractivity contribution in [2.45, 2.75) is 25.8 Å². The molecule has 6 heteroatoms. The van der Waals surface area contributed by atoms with Crippen molar-refractivity contribution in [2.75, 3.05) is 0 Å². The number of pyridine rings is 1. The third kappa shape index (κ3) is 4.24. The van der Waals surface area contributed by atoms with Crippen LogP contribution < -0.4 is 10.5 Å². The van der Waals surface area contributed by atoms with Gasteiger partial charge in [-0.05, 0) is 25.0 Å². The SMILES string of the molecule is CCC(N)Cc1cccnc1Oc1cc(Cl)c(Cl)cc1Cl. The summed E-state index contributed by atoms with van der Waals surface area (Å²) in [6, 6.07) is 6.96. The normalized spacial score (nSPS) is 12.2. The fourth-order valence-electron chi connectivity index (χ4n) is 1.78. The van der Waals surface area contributed by atoms with Gasteiger partial charge in [0, 0.05) is 23.9 Å². The van der Waals surface area contributed by atoms with Gasteiger partial charge in [0.15, 0.2) is 0 Å². The molecule has 0 aliphatic carbocycles. The highest BCUT2D eigenvalue weighted by Gasteiger charge is 2.13. The van der Waals surface area contributed by atoms with Crippen LogP contribution in [0.2, 0.25) is 15.1 Å². The zero-order valence-corrected chi connectivity index (χ0v) is 13.7. The molecule has 0 fully saturated rings. The van der Waals surface area contributed by atoms with Gasteiger partial charge in [0.2, 0.25) is 5.88 Å². The maximum Gasteiger partial charge on any atom is 0.222 e. The molecular weight excluding hydrogens is 331 g/mol. The third-order valence-corrected chi connectivity index (χ3v) is 4.06. The first kappa shape index (κ1) is 16.4. The van der Waals surface area contributed by atoms with Crippen LogP contribution in [0.1, 0.15) is 18.9 Å². The van der Waals surface area contributed by atoms with Crippen molar-refractivity contribution in [2.24, 2.45) is 5.73 Å². The Balaban J connectivity index is 2.29. The van der Waals surface area contributed by atoms with Gasteiger partial charge in [0.25, 0.3) is 0 Å². The zero-order chi connectivity index (χ0) is 15.4. The number of nitrogens with two attached hydrogens (primary N) is 1. The van der Waals surface area contributed by atoms with Crippen molar-refractivity contribution >= 4 is 34.8 Å². The molecule has 0 radical (unpaired) electrons. The molecule has 0 saturated heterocycles. The van der Waals surface area contributed by atoms with E-state index in [0.717, 1.165) is 12.0 Å². The summed E-state index contributed by atoms with van der Waals surface area (Å²) in [7, 11) is 0. The molecule has 1 aromatic carbocycles. The van der Waals surface area contributed by atoms with Gasteiger partial charge in [-0.15, -0.1) is 0 Å². The van der Waals surface area contributed by atoms with Gasteiger partial charge < -0.3 is 10.5 Å². The Labute approximate surface area is 139 Å². The van der Waals surface area contributed by atoms with Gasteiger partial charge in [0.1, 0.15) is 5.75 Å².